The van der Waals surface area contributed by atoms with E-state index in [1.807, 2.05) is 13.0 Å². The summed E-state index contributed by atoms with van der Waals surface area (Å²) in [4.78, 5) is 16.0. The fraction of sp³-hybridized carbons (Fsp3) is 0.286. The highest BCUT2D eigenvalue weighted by atomic mass is 32.2. The molecule has 0 saturated heterocycles. The van der Waals surface area contributed by atoms with E-state index >= 15 is 0 Å². The molecule has 3 nitrogen and oxygen atoms in total. The lowest BCUT2D eigenvalue weighted by molar-refractivity contribution is 0.698. The summed E-state index contributed by atoms with van der Waals surface area (Å²) in [7, 11) is 1.76. The van der Waals surface area contributed by atoms with Crippen LogP contribution in [0, 0.1) is 13.8 Å². The van der Waals surface area contributed by atoms with Crippen molar-refractivity contribution in [1.82, 2.24) is 9.55 Å². The van der Waals surface area contributed by atoms with Gasteiger partial charge in [-0.1, -0.05) is 41.6 Å². The molecule has 1 aromatic heterocycles. The lowest BCUT2D eigenvalue weighted by Gasteiger charge is -2.07. The molecule has 0 N–H and O–H groups in total. The fourth-order valence-corrected chi connectivity index (χ4v) is 2.67. The van der Waals surface area contributed by atoms with Crippen LogP contribution in [0.3, 0.4) is 0 Å². The Kier molecular flexibility index (Phi) is 3.87. The van der Waals surface area contributed by atoms with Crippen molar-refractivity contribution in [3.63, 3.8) is 0 Å². The van der Waals surface area contributed by atoms with Crippen LogP contribution in [0.2, 0.25) is 0 Å². The van der Waals surface area contributed by atoms with Gasteiger partial charge in [-0.05, 0) is 19.4 Å². The molecule has 4 heteroatoms. The summed E-state index contributed by atoms with van der Waals surface area (Å²) in [5.41, 5.74) is 3.26. The third-order valence-corrected chi connectivity index (χ3v) is 3.77. The number of aromatic nitrogens is 2. The Balaban J connectivity index is 2.18. The normalized spacial score (nSPS) is 10.6. The largest absolute Gasteiger partial charge is 0.291 e. The highest BCUT2D eigenvalue weighted by molar-refractivity contribution is 7.98. The van der Waals surface area contributed by atoms with Crippen molar-refractivity contribution in [2.45, 2.75) is 24.8 Å². The quantitative estimate of drug-likeness (QED) is 0.628. The Hall–Kier alpha value is -1.55. The van der Waals surface area contributed by atoms with E-state index in [2.05, 4.69) is 30.1 Å². The molecule has 0 fully saturated rings. The van der Waals surface area contributed by atoms with Gasteiger partial charge in [0.2, 0.25) is 0 Å². The van der Waals surface area contributed by atoms with E-state index in [1.165, 1.54) is 11.1 Å². The smallest absolute Gasteiger partial charge is 0.254 e. The van der Waals surface area contributed by atoms with Gasteiger partial charge < -0.3 is 0 Å². The Labute approximate surface area is 111 Å². The van der Waals surface area contributed by atoms with E-state index < -0.39 is 0 Å². The summed E-state index contributed by atoms with van der Waals surface area (Å²) in [6.45, 7) is 3.92. The van der Waals surface area contributed by atoms with Crippen LogP contribution in [0.25, 0.3) is 0 Å². The number of thioether (sulfide) groups is 1. The van der Waals surface area contributed by atoms with Crippen LogP contribution in [-0.2, 0) is 12.8 Å². The van der Waals surface area contributed by atoms with Crippen molar-refractivity contribution in [3.8, 4) is 0 Å². The molecule has 0 aliphatic rings. The van der Waals surface area contributed by atoms with Crippen LogP contribution in [0.15, 0.2) is 40.3 Å². The second kappa shape index (κ2) is 5.40. The van der Waals surface area contributed by atoms with Gasteiger partial charge in [0.25, 0.3) is 5.56 Å². The monoisotopic (exact) mass is 260 g/mol. The summed E-state index contributed by atoms with van der Waals surface area (Å²) < 4.78 is 1.59. The van der Waals surface area contributed by atoms with Crippen LogP contribution < -0.4 is 5.56 Å². The highest BCUT2D eigenvalue weighted by Crippen LogP contribution is 2.20. The SMILES string of the molecule is Cc1cccc(CSc2nc(C)cc(=O)n2C)c1. The fourth-order valence-electron chi connectivity index (χ4n) is 1.71. The molecule has 0 bridgehead atoms. The number of nitrogens with zero attached hydrogens (tertiary/aromatic N) is 2. The molecule has 0 atom stereocenters. The zero-order valence-corrected chi connectivity index (χ0v) is 11.6. The van der Waals surface area contributed by atoms with E-state index in [0.717, 1.165) is 16.6 Å². The summed E-state index contributed by atoms with van der Waals surface area (Å²) in [6, 6.07) is 9.92. The zero-order valence-electron chi connectivity index (χ0n) is 10.8. The number of benzene rings is 1. The van der Waals surface area contributed by atoms with Crippen molar-refractivity contribution >= 4 is 11.8 Å². The first-order valence-electron chi connectivity index (χ1n) is 5.79. The number of hydrogen-bond donors (Lipinski definition) is 0. The molecule has 0 amide bonds. The molecule has 0 spiro atoms. The molecule has 2 rings (SSSR count). The van der Waals surface area contributed by atoms with Gasteiger partial charge >= 0.3 is 0 Å². The van der Waals surface area contributed by atoms with Crippen molar-refractivity contribution in [1.29, 1.82) is 0 Å². The molecule has 0 radical (unpaired) electrons. The van der Waals surface area contributed by atoms with E-state index in [1.54, 1.807) is 29.4 Å². The third kappa shape index (κ3) is 3.01. The van der Waals surface area contributed by atoms with E-state index in [4.69, 9.17) is 0 Å². The van der Waals surface area contributed by atoms with Gasteiger partial charge in [-0.2, -0.15) is 0 Å². The average Bonchev–Trinajstić information content (AvgIpc) is 2.32. The van der Waals surface area contributed by atoms with Crippen LogP contribution in [0.4, 0.5) is 0 Å². The number of hydrogen-bond acceptors (Lipinski definition) is 3. The van der Waals surface area contributed by atoms with E-state index in [9.17, 15) is 4.79 Å². The molecule has 0 aliphatic heterocycles. The topological polar surface area (TPSA) is 34.9 Å². The van der Waals surface area contributed by atoms with Crippen LogP contribution in [0.1, 0.15) is 16.8 Å². The molecular weight excluding hydrogens is 244 g/mol. The maximum atomic E-state index is 11.6. The van der Waals surface area contributed by atoms with E-state index in [0.29, 0.717) is 0 Å². The molecule has 0 aliphatic carbocycles. The summed E-state index contributed by atoms with van der Waals surface area (Å²) in [6.07, 6.45) is 0. The second-order valence-electron chi connectivity index (χ2n) is 4.36. The first kappa shape index (κ1) is 12.9. The predicted octanol–water partition coefficient (Wildman–Crippen LogP) is 2.69. The van der Waals surface area contributed by atoms with Crippen molar-refractivity contribution in [3.05, 3.63) is 57.5 Å². The maximum Gasteiger partial charge on any atom is 0.254 e. The molecule has 0 saturated carbocycles. The molecule has 18 heavy (non-hydrogen) atoms. The van der Waals surface area contributed by atoms with Crippen LogP contribution in [0.5, 0.6) is 0 Å². The zero-order chi connectivity index (χ0) is 13.1. The lowest BCUT2D eigenvalue weighted by Crippen LogP contribution is -2.19. The molecule has 94 valence electrons. The van der Waals surface area contributed by atoms with Crippen LogP contribution >= 0.6 is 11.8 Å². The first-order valence-corrected chi connectivity index (χ1v) is 6.78. The maximum absolute atomic E-state index is 11.6. The van der Waals surface area contributed by atoms with Crippen molar-refractivity contribution in [2.75, 3.05) is 0 Å². The van der Waals surface area contributed by atoms with Gasteiger partial charge in [0.1, 0.15) is 0 Å². The Bertz CT molecular complexity index is 619. The summed E-state index contributed by atoms with van der Waals surface area (Å²) in [5, 5.41) is 0.765. The van der Waals surface area contributed by atoms with Gasteiger partial charge in [0.15, 0.2) is 5.16 Å². The molecule has 1 aromatic carbocycles. The standard InChI is InChI=1S/C14H16N2OS/c1-10-5-4-6-12(7-10)9-18-14-15-11(2)8-13(17)16(14)3/h4-8H,9H2,1-3H3. The van der Waals surface area contributed by atoms with Gasteiger partial charge in [0.05, 0.1) is 0 Å². The Morgan fingerprint density at radius 2 is 2.06 bits per heavy atom. The highest BCUT2D eigenvalue weighted by Gasteiger charge is 2.04. The van der Waals surface area contributed by atoms with Gasteiger partial charge in [0, 0.05) is 24.6 Å². The predicted molar refractivity (Wildman–Crippen MR) is 75.0 cm³/mol. The average molecular weight is 260 g/mol. The number of rotatable bonds is 3. The van der Waals surface area contributed by atoms with Crippen molar-refractivity contribution in [2.24, 2.45) is 7.05 Å². The first-order chi connectivity index (χ1) is 8.56. The van der Waals surface area contributed by atoms with Gasteiger partial charge in [-0.25, -0.2) is 4.98 Å². The molecule has 0 unspecified atom stereocenters. The summed E-state index contributed by atoms with van der Waals surface area (Å²) in [5.74, 6) is 0.825. The van der Waals surface area contributed by atoms with Crippen molar-refractivity contribution < 1.29 is 0 Å². The molecule has 1 heterocycles. The van der Waals surface area contributed by atoms with Gasteiger partial charge in [-0.15, -0.1) is 0 Å². The van der Waals surface area contributed by atoms with Crippen LogP contribution in [-0.4, -0.2) is 9.55 Å². The molecule has 2 aromatic rings. The van der Waals surface area contributed by atoms with Gasteiger partial charge in [-0.3, -0.25) is 9.36 Å². The Morgan fingerprint density at radius 3 is 2.78 bits per heavy atom. The minimum atomic E-state index is -0.00533. The minimum Gasteiger partial charge on any atom is -0.291 e. The third-order valence-electron chi connectivity index (χ3n) is 2.67. The summed E-state index contributed by atoms with van der Waals surface area (Å²) >= 11 is 1.59. The minimum absolute atomic E-state index is 0.00533. The van der Waals surface area contributed by atoms with E-state index in [-0.39, 0.29) is 5.56 Å². The lowest BCUT2D eigenvalue weighted by atomic mass is 10.2. The Morgan fingerprint density at radius 1 is 1.28 bits per heavy atom. The second-order valence-corrected chi connectivity index (χ2v) is 5.30. The number of aryl methyl sites for hydroxylation is 2. The molecular formula is C14H16N2OS.